The van der Waals surface area contributed by atoms with Crippen LogP contribution in [-0.2, 0) is 32.3 Å². The van der Waals surface area contributed by atoms with Gasteiger partial charge in [-0.2, -0.15) is 13.2 Å². The highest BCUT2D eigenvalue weighted by molar-refractivity contribution is 7.92. The van der Waals surface area contributed by atoms with Crippen LogP contribution in [0.25, 0.3) is 0 Å². The molecule has 3 rings (SSSR count). The molecule has 7 nitrogen and oxygen atoms in total. The topological polar surface area (TPSA) is 86.8 Å². The highest BCUT2D eigenvalue weighted by atomic mass is 35.5. The highest BCUT2D eigenvalue weighted by Gasteiger charge is 2.35. The number of anilines is 1. The molecule has 0 bridgehead atoms. The van der Waals surface area contributed by atoms with Crippen LogP contribution in [0.1, 0.15) is 31.4 Å². The highest BCUT2D eigenvalue weighted by Crippen LogP contribution is 2.34. The van der Waals surface area contributed by atoms with Crippen molar-refractivity contribution < 1.29 is 31.2 Å². The van der Waals surface area contributed by atoms with E-state index >= 15 is 0 Å². The van der Waals surface area contributed by atoms with Crippen LogP contribution in [-0.4, -0.2) is 44.3 Å². The molecule has 3 aromatic carbocycles. The van der Waals surface area contributed by atoms with Crippen molar-refractivity contribution in [2.75, 3.05) is 17.4 Å². The molecule has 0 radical (unpaired) electrons. The Hall–Kier alpha value is -3.28. The standard InChI is InChI=1S/C28H28Cl2F3N3O4S/c1-3-15-34-27(38)19(2)35(17-23-24(29)13-8-14-25(23)30)26(37)18-36(41(39,40)22-11-5-4-6-12-22)21-10-7-9-20(16-21)28(31,32)33/h4-14,16,19H,3,15,17-18H2,1-2H3,(H,34,38)/t19-/m0/s1. The van der Waals surface area contributed by atoms with E-state index in [2.05, 4.69) is 5.32 Å². The lowest BCUT2D eigenvalue weighted by atomic mass is 10.1. The van der Waals surface area contributed by atoms with Gasteiger partial charge in [0.25, 0.3) is 10.0 Å². The third-order valence-electron chi connectivity index (χ3n) is 6.18. The number of nitrogens with one attached hydrogen (secondary N) is 1. The molecule has 0 aromatic heterocycles. The van der Waals surface area contributed by atoms with Crippen molar-refractivity contribution in [3.05, 3.63) is 94.0 Å². The summed E-state index contributed by atoms with van der Waals surface area (Å²) in [7, 11) is -4.53. The molecular weight excluding hydrogens is 602 g/mol. The zero-order chi connectivity index (χ0) is 30.4. The lowest BCUT2D eigenvalue weighted by Gasteiger charge is -2.32. The minimum Gasteiger partial charge on any atom is -0.354 e. The fourth-order valence-electron chi connectivity index (χ4n) is 3.92. The summed E-state index contributed by atoms with van der Waals surface area (Å²) in [6, 6.07) is 14.2. The van der Waals surface area contributed by atoms with Crippen LogP contribution in [0.5, 0.6) is 0 Å². The van der Waals surface area contributed by atoms with Crippen molar-refractivity contribution >= 4 is 50.7 Å². The third kappa shape index (κ3) is 7.93. The summed E-state index contributed by atoms with van der Waals surface area (Å²) in [5.74, 6) is -1.38. The Balaban J connectivity index is 2.10. The smallest absolute Gasteiger partial charge is 0.354 e. The van der Waals surface area contributed by atoms with Crippen LogP contribution in [0.2, 0.25) is 10.0 Å². The van der Waals surface area contributed by atoms with Gasteiger partial charge in [0.1, 0.15) is 12.6 Å². The predicted octanol–water partition coefficient (Wildman–Crippen LogP) is 6.15. The van der Waals surface area contributed by atoms with Gasteiger partial charge in [-0.3, -0.25) is 13.9 Å². The molecule has 0 aliphatic carbocycles. The summed E-state index contributed by atoms with van der Waals surface area (Å²) in [4.78, 5) is 27.6. The molecule has 13 heteroatoms. The predicted molar refractivity (Wildman–Crippen MR) is 152 cm³/mol. The number of sulfonamides is 1. The SMILES string of the molecule is CCCNC(=O)[C@H](C)N(Cc1c(Cl)cccc1Cl)C(=O)CN(c1cccc(C(F)(F)F)c1)S(=O)(=O)c1ccccc1. The van der Waals surface area contributed by atoms with E-state index in [9.17, 15) is 31.2 Å². The van der Waals surface area contributed by atoms with Gasteiger partial charge in [-0.05, 0) is 55.8 Å². The van der Waals surface area contributed by atoms with Gasteiger partial charge in [-0.25, -0.2) is 8.42 Å². The van der Waals surface area contributed by atoms with E-state index in [1.54, 1.807) is 24.3 Å². The van der Waals surface area contributed by atoms with Crippen molar-refractivity contribution in [3.8, 4) is 0 Å². The Morgan fingerprint density at radius 1 is 0.951 bits per heavy atom. The van der Waals surface area contributed by atoms with E-state index in [0.29, 0.717) is 28.9 Å². The molecule has 3 aromatic rings. The minimum atomic E-state index is -4.76. The maximum atomic E-state index is 13.9. The second-order valence-electron chi connectivity index (χ2n) is 9.06. The Bertz CT molecular complexity index is 1470. The molecule has 0 fully saturated rings. The number of carbonyl (C=O) groups excluding carboxylic acids is 2. The van der Waals surface area contributed by atoms with Gasteiger partial charge >= 0.3 is 6.18 Å². The summed E-state index contributed by atoms with van der Waals surface area (Å²) in [5, 5.41) is 3.11. The largest absolute Gasteiger partial charge is 0.416 e. The van der Waals surface area contributed by atoms with Gasteiger partial charge in [0.05, 0.1) is 16.1 Å². The fourth-order valence-corrected chi connectivity index (χ4v) is 5.86. The molecular formula is C28H28Cl2F3N3O4S. The van der Waals surface area contributed by atoms with E-state index in [4.69, 9.17) is 23.2 Å². The van der Waals surface area contributed by atoms with Crippen molar-refractivity contribution in [2.24, 2.45) is 0 Å². The first-order valence-corrected chi connectivity index (χ1v) is 14.7. The number of amides is 2. The molecule has 1 atom stereocenters. The Morgan fingerprint density at radius 3 is 2.15 bits per heavy atom. The maximum Gasteiger partial charge on any atom is 0.416 e. The monoisotopic (exact) mass is 629 g/mol. The maximum absolute atomic E-state index is 13.9. The first-order valence-electron chi connectivity index (χ1n) is 12.5. The summed E-state index contributed by atoms with van der Waals surface area (Å²) in [6.07, 6.45) is -4.14. The molecule has 0 saturated carbocycles. The average molecular weight is 631 g/mol. The molecule has 1 N–H and O–H groups in total. The summed E-state index contributed by atoms with van der Waals surface area (Å²) in [5.41, 5.74) is -1.16. The van der Waals surface area contributed by atoms with Gasteiger partial charge in [-0.15, -0.1) is 0 Å². The number of hydrogen-bond acceptors (Lipinski definition) is 4. The zero-order valence-corrected chi connectivity index (χ0v) is 24.5. The summed E-state index contributed by atoms with van der Waals surface area (Å²) in [6.45, 7) is 2.45. The van der Waals surface area contributed by atoms with E-state index in [1.165, 1.54) is 31.2 Å². The lowest BCUT2D eigenvalue weighted by molar-refractivity contribution is -0.139. The van der Waals surface area contributed by atoms with Gasteiger partial charge in [0, 0.05) is 28.7 Å². The number of benzene rings is 3. The molecule has 2 amide bonds. The van der Waals surface area contributed by atoms with Crippen LogP contribution >= 0.6 is 23.2 Å². The molecule has 0 aliphatic rings. The molecule has 220 valence electrons. The van der Waals surface area contributed by atoms with Crippen LogP contribution < -0.4 is 9.62 Å². The number of hydrogen-bond donors (Lipinski definition) is 1. The number of halogens is 5. The van der Waals surface area contributed by atoms with E-state index in [-0.39, 0.29) is 27.2 Å². The number of alkyl halides is 3. The second kappa shape index (κ2) is 13.6. The van der Waals surface area contributed by atoms with E-state index < -0.39 is 46.2 Å². The van der Waals surface area contributed by atoms with Crippen LogP contribution in [0.3, 0.4) is 0 Å². The van der Waals surface area contributed by atoms with E-state index in [1.807, 2.05) is 6.92 Å². The Labute approximate surface area is 246 Å². The quantitative estimate of drug-likeness (QED) is 0.276. The average Bonchev–Trinajstić information content (AvgIpc) is 2.94. The van der Waals surface area contributed by atoms with Gasteiger partial charge in [0.2, 0.25) is 11.8 Å². The summed E-state index contributed by atoms with van der Waals surface area (Å²) >= 11 is 12.6. The van der Waals surface area contributed by atoms with Crippen molar-refractivity contribution in [2.45, 2.75) is 43.9 Å². The Morgan fingerprint density at radius 2 is 1.56 bits per heavy atom. The lowest BCUT2D eigenvalue weighted by Crippen LogP contribution is -2.51. The first kappa shape index (κ1) is 32.2. The van der Waals surface area contributed by atoms with Gasteiger partial charge in [-0.1, -0.05) is 60.5 Å². The molecule has 41 heavy (non-hydrogen) atoms. The minimum absolute atomic E-state index is 0.211. The van der Waals surface area contributed by atoms with Crippen molar-refractivity contribution in [1.29, 1.82) is 0 Å². The molecule has 0 saturated heterocycles. The Kier molecular flexibility index (Phi) is 10.7. The van der Waals surface area contributed by atoms with Crippen molar-refractivity contribution in [1.82, 2.24) is 10.2 Å². The molecule has 0 aliphatic heterocycles. The van der Waals surface area contributed by atoms with Gasteiger partial charge < -0.3 is 10.2 Å². The number of carbonyl (C=O) groups is 2. The molecule has 0 spiro atoms. The second-order valence-corrected chi connectivity index (χ2v) is 11.7. The normalized spacial score (nSPS) is 12.5. The van der Waals surface area contributed by atoms with E-state index in [0.717, 1.165) is 23.1 Å². The van der Waals surface area contributed by atoms with Crippen LogP contribution in [0, 0.1) is 0 Å². The molecule has 0 unspecified atom stereocenters. The number of nitrogens with zero attached hydrogens (tertiary/aromatic N) is 2. The van der Waals surface area contributed by atoms with Crippen LogP contribution in [0.4, 0.5) is 18.9 Å². The van der Waals surface area contributed by atoms with Gasteiger partial charge in [0.15, 0.2) is 0 Å². The third-order valence-corrected chi connectivity index (χ3v) is 8.67. The zero-order valence-electron chi connectivity index (χ0n) is 22.2. The fraction of sp³-hybridized carbons (Fsp3) is 0.286. The van der Waals surface area contributed by atoms with Crippen LogP contribution in [0.15, 0.2) is 77.7 Å². The number of rotatable bonds is 11. The van der Waals surface area contributed by atoms with Crippen molar-refractivity contribution in [3.63, 3.8) is 0 Å². The molecule has 0 heterocycles. The first-order chi connectivity index (χ1) is 19.3. The summed E-state index contributed by atoms with van der Waals surface area (Å²) < 4.78 is 68.7.